The third-order valence-corrected chi connectivity index (χ3v) is 2.28. The molecule has 0 radical (unpaired) electrons. The van der Waals surface area contributed by atoms with E-state index in [4.69, 9.17) is 4.74 Å². The molecule has 0 spiro atoms. The summed E-state index contributed by atoms with van der Waals surface area (Å²) in [5.41, 5.74) is 0. The zero-order chi connectivity index (χ0) is 10.7. The molecule has 0 aliphatic heterocycles. The van der Waals surface area contributed by atoms with Crippen molar-refractivity contribution in [3.63, 3.8) is 0 Å². The Kier molecular flexibility index (Phi) is 2.97. The van der Waals surface area contributed by atoms with Crippen LogP contribution in [0.3, 0.4) is 0 Å². The molecule has 0 bridgehead atoms. The molecule has 15 heavy (non-hydrogen) atoms. The van der Waals surface area contributed by atoms with Gasteiger partial charge in [-0.25, -0.2) is 4.98 Å². The molecular formula is C11H7BrFNO. The van der Waals surface area contributed by atoms with Gasteiger partial charge in [0.05, 0.1) is 0 Å². The molecule has 2 rings (SSSR count). The molecule has 0 saturated carbocycles. The zero-order valence-electron chi connectivity index (χ0n) is 7.65. The van der Waals surface area contributed by atoms with Crippen molar-refractivity contribution < 1.29 is 9.13 Å². The lowest BCUT2D eigenvalue weighted by Crippen LogP contribution is -1.86. The van der Waals surface area contributed by atoms with Gasteiger partial charge in [0.15, 0.2) is 0 Å². The highest BCUT2D eigenvalue weighted by atomic mass is 79.9. The summed E-state index contributed by atoms with van der Waals surface area (Å²) in [5, 5.41) is 0. The van der Waals surface area contributed by atoms with Crippen LogP contribution in [0.4, 0.5) is 4.39 Å². The molecule has 0 amide bonds. The average Bonchev–Trinajstić information content (AvgIpc) is 2.22. The minimum Gasteiger partial charge on any atom is -0.457 e. The molecule has 0 atom stereocenters. The molecule has 1 heterocycles. The lowest BCUT2D eigenvalue weighted by atomic mass is 10.3. The van der Waals surface area contributed by atoms with Crippen molar-refractivity contribution in [1.82, 2.24) is 4.98 Å². The Morgan fingerprint density at radius 3 is 2.47 bits per heavy atom. The van der Waals surface area contributed by atoms with E-state index in [1.54, 1.807) is 18.2 Å². The molecule has 1 aromatic carbocycles. The maximum absolute atomic E-state index is 12.7. The molecule has 0 aliphatic rings. The summed E-state index contributed by atoms with van der Waals surface area (Å²) in [7, 11) is 0. The fourth-order valence-corrected chi connectivity index (χ4v) is 1.35. The van der Waals surface area contributed by atoms with E-state index in [0.717, 1.165) is 4.47 Å². The number of hydrogen-bond acceptors (Lipinski definition) is 2. The van der Waals surface area contributed by atoms with Gasteiger partial charge in [0, 0.05) is 16.7 Å². The van der Waals surface area contributed by atoms with Crippen molar-refractivity contribution in [1.29, 1.82) is 0 Å². The summed E-state index contributed by atoms with van der Waals surface area (Å²) in [6.07, 6.45) is 1.36. The summed E-state index contributed by atoms with van der Waals surface area (Å²) in [6, 6.07) is 10.1. The quantitative estimate of drug-likeness (QED) is 0.773. The average molecular weight is 268 g/mol. The molecular weight excluding hydrogens is 261 g/mol. The van der Waals surface area contributed by atoms with E-state index in [1.165, 1.54) is 12.3 Å². The Morgan fingerprint density at radius 1 is 1.07 bits per heavy atom. The van der Waals surface area contributed by atoms with E-state index >= 15 is 0 Å². The summed E-state index contributed by atoms with van der Waals surface area (Å²) < 4.78 is 19.1. The third kappa shape index (κ3) is 2.76. The number of aromatic nitrogens is 1. The Hall–Kier alpha value is -1.42. The highest BCUT2D eigenvalue weighted by Crippen LogP contribution is 2.22. The number of benzene rings is 1. The van der Waals surface area contributed by atoms with Crippen LogP contribution in [0.15, 0.2) is 47.1 Å². The molecule has 0 N–H and O–H groups in total. The first kappa shape index (κ1) is 10.1. The van der Waals surface area contributed by atoms with Gasteiger partial charge in [0.2, 0.25) is 5.95 Å². The Balaban J connectivity index is 2.18. The number of rotatable bonds is 2. The van der Waals surface area contributed by atoms with Crippen molar-refractivity contribution in [3.05, 3.63) is 53.0 Å². The molecule has 76 valence electrons. The smallest absolute Gasteiger partial charge is 0.216 e. The van der Waals surface area contributed by atoms with Crippen LogP contribution < -0.4 is 4.74 Å². The van der Waals surface area contributed by atoms with E-state index in [9.17, 15) is 4.39 Å². The Morgan fingerprint density at radius 2 is 1.80 bits per heavy atom. The van der Waals surface area contributed by atoms with Crippen LogP contribution in [0.5, 0.6) is 11.5 Å². The van der Waals surface area contributed by atoms with E-state index in [1.807, 2.05) is 12.1 Å². The Bertz CT molecular complexity index is 458. The third-order valence-electron chi connectivity index (χ3n) is 1.75. The second kappa shape index (κ2) is 4.40. The topological polar surface area (TPSA) is 22.1 Å². The lowest BCUT2D eigenvalue weighted by molar-refractivity contribution is 0.472. The van der Waals surface area contributed by atoms with Crippen molar-refractivity contribution in [3.8, 4) is 11.5 Å². The van der Waals surface area contributed by atoms with E-state index < -0.39 is 5.95 Å². The van der Waals surface area contributed by atoms with Gasteiger partial charge in [-0.15, -0.1) is 0 Å². The first-order valence-corrected chi connectivity index (χ1v) is 5.08. The first-order chi connectivity index (χ1) is 7.24. The lowest BCUT2D eigenvalue weighted by Gasteiger charge is -2.04. The van der Waals surface area contributed by atoms with Gasteiger partial charge in [-0.05, 0) is 30.3 Å². The molecule has 4 heteroatoms. The normalized spacial score (nSPS) is 10.0. The minimum absolute atomic E-state index is 0.435. The van der Waals surface area contributed by atoms with Crippen LogP contribution in [-0.2, 0) is 0 Å². The highest BCUT2D eigenvalue weighted by Gasteiger charge is 1.98. The predicted molar refractivity (Wildman–Crippen MR) is 58.4 cm³/mol. The van der Waals surface area contributed by atoms with Crippen LogP contribution in [0, 0.1) is 5.95 Å². The second-order valence-corrected chi connectivity index (χ2v) is 3.79. The van der Waals surface area contributed by atoms with Gasteiger partial charge in [-0.2, -0.15) is 4.39 Å². The number of halogens is 2. The standard InChI is InChI=1S/C11H7BrFNO/c12-8-1-3-9(4-2-8)15-10-5-6-14-11(13)7-10/h1-7H. The maximum Gasteiger partial charge on any atom is 0.216 e. The molecule has 2 nitrogen and oxygen atoms in total. The van der Waals surface area contributed by atoms with Crippen molar-refractivity contribution in [2.75, 3.05) is 0 Å². The number of ether oxygens (including phenoxy) is 1. The van der Waals surface area contributed by atoms with E-state index in [2.05, 4.69) is 20.9 Å². The fraction of sp³-hybridized carbons (Fsp3) is 0. The SMILES string of the molecule is Fc1cc(Oc2ccc(Br)cc2)ccn1. The number of pyridine rings is 1. The van der Waals surface area contributed by atoms with Crippen molar-refractivity contribution >= 4 is 15.9 Å². The second-order valence-electron chi connectivity index (χ2n) is 2.87. The zero-order valence-corrected chi connectivity index (χ0v) is 9.24. The van der Waals surface area contributed by atoms with Crippen LogP contribution >= 0.6 is 15.9 Å². The van der Waals surface area contributed by atoms with E-state index in [-0.39, 0.29) is 0 Å². The van der Waals surface area contributed by atoms with Crippen LogP contribution in [-0.4, -0.2) is 4.98 Å². The van der Waals surface area contributed by atoms with Crippen molar-refractivity contribution in [2.45, 2.75) is 0 Å². The molecule has 2 aromatic rings. The maximum atomic E-state index is 12.7. The molecule has 0 saturated heterocycles. The van der Waals surface area contributed by atoms with Crippen LogP contribution in [0.2, 0.25) is 0 Å². The van der Waals surface area contributed by atoms with Gasteiger partial charge in [0.1, 0.15) is 11.5 Å². The van der Waals surface area contributed by atoms with Crippen LogP contribution in [0.1, 0.15) is 0 Å². The monoisotopic (exact) mass is 267 g/mol. The predicted octanol–water partition coefficient (Wildman–Crippen LogP) is 3.78. The molecule has 0 aliphatic carbocycles. The van der Waals surface area contributed by atoms with Crippen LogP contribution in [0.25, 0.3) is 0 Å². The first-order valence-electron chi connectivity index (χ1n) is 4.29. The van der Waals surface area contributed by atoms with Gasteiger partial charge in [-0.1, -0.05) is 15.9 Å². The summed E-state index contributed by atoms with van der Waals surface area (Å²) in [4.78, 5) is 3.44. The molecule has 0 fully saturated rings. The number of nitrogens with zero attached hydrogens (tertiary/aromatic N) is 1. The minimum atomic E-state index is -0.551. The molecule has 1 aromatic heterocycles. The summed E-state index contributed by atoms with van der Waals surface area (Å²) in [5.74, 6) is 0.540. The van der Waals surface area contributed by atoms with Gasteiger partial charge >= 0.3 is 0 Å². The summed E-state index contributed by atoms with van der Waals surface area (Å²) >= 11 is 3.32. The van der Waals surface area contributed by atoms with E-state index in [0.29, 0.717) is 11.5 Å². The highest BCUT2D eigenvalue weighted by molar-refractivity contribution is 9.10. The number of hydrogen-bond donors (Lipinski definition) is 0. The van der Waals surface area contributed by atoms with Crippen molar-refractivity contribution in [2.24, 2.45) is 0 Å². The van der Waals surface area contributed by atoms with Gasteiger partial charge < -0.3 is 4.74 Å². The van der Waals surface area contributed by atoms with Gasteiger partial charge in [0.25, 0.3) is 0 Å². The Labute approximate surface area is 94.9 Å². The summed E-state index contributed by atoms with van der Waals surface area (Å²) in [6.45, 7) is 0. The fourth-order valence-electron chi connectivity index (χ4n) is 1.09. The largest absolute Gasteiger partial charge is 0.457 e. The molecule has 0 unspecified atom stereocenters. The van der Waals surface area contributed by atoms with Gasteiger partial charge in [-0.3, -0.25) is 0 Å².